The molecular weight excluding hydrogens is 389 g/mol. The summed E-state index contributed by atoms with van der Waals surface area (Å²) in [5, 5.41) is 7.21. The Morgan fingerprint density at radius 2 is 1.92 bits per heavy atom. The molecule has 0 aliphatic heterocycles. The molecule has 1 aromatic heterocycles. The normalized spacial score (nSPS) is 10.6. The van der Waals surface area contributed by atoms with E-state index in [1.807, 2.05) is 41.8 Å². The molecule has 2 aromatic carbocycles. The van der Waals surface area contributed by atoms with Crippen LogP contribution in [0.1, 0.15) is 22.8 Å². The number of ether oxygens (including phenoxy) is 1. The number of hydrogen-bond acceptors (Lipinski definition) is 4. The zero-order valence-corrected chi connectivity index (χ0v) is 16.4. The van der Waals surface area contributed by atoms with Crippen molar-refractivity contribution in [1.29, 1.82) is 0 Å². The maximum atomic E-state index is 12.5. The minimum absolute atomic E-state index is 0.325. The third-order valence-corrected chi connectivity index (χ3v) is 5.33. The van der Waals surface area contributed by atoms with E-state index in [0.29, 0.717) is 28.8 Å². The standard InChI is InChI=1S/C20H17Cl2NO2S/c1-2-25-20(24)18-16(13-6-4-3-5-7-13)12-26-19(18)23-11-14-8-9-15(21)10-17(14)22/h3-10,12,23H,2,11H2,1H3. The molecule has 0 fully saturated rings. The molecule has 3 nitrogen and oxygen atoms in total. The monoisotopic (exact) mass is 405 g/mol. The summed E-state index contributed by atoms with van der Waals surface area (Å²) in [6.07, 6.45) is 0. The van der Waals surface area contributed by atoms with Crippen molar-refractivity contribution in [2.75, 3.05) is 11.9 Å². The van der Waals surface area contributed by atoms with E-state index in [1.165, 1.54) is 11.3 Å². The Hall–Kier alpha value is -2.01. The maximum Gasteiger partial charge on any atom is 0.341 e. The van der Waals surface area contributed by atoms with Gasteiger partial charge in [-0.1, -0.05) is 59.6 Å². The number of thiophene rings is 1. The van der Waals surface area contributed by atoms with E-state index in [1.54, 1.807) is 19.1 Å². The second kappa shape index (κ2) is 8.58. The van der Waals surface area contributed by atoms with Crippen molar-refractivity contribution >= 4 is 45.5 Å². The summed E-state index contributed by atoms with van der Waals surface area (Å²) < 4.78 is 5.26. The first-order valence-corrected chi connectivity index (χ1v) is 9.75. The second-order valence-electron chi connectivity index (χ2n) is 5.53. The number of halogens is 2. The van der Waals surface area contributed by atoms with Crippen LogP contribution < -0.4 is 5.32 Å². The number of esters is 1. The van der Waals surface area contributed by atoms with Crippen molar-refractivity contribution in [1.82, 2.24) is 0 Å². The fourth-order valence-corrected chi connectivity index (χ4v) is 4.00. The van der Waals surface area contributed by atoms with Gasteiger partial charge in [-0.25, -0.2) is 4.79 Å². The number of hydrogen-bond donors (Lipinski definition) is 1. The Balaban J connectivity index is 1.91. The smallest absolute Gasteiger partial charge is 0.341 e. The number of anilines is 1. The molecule has 0 unspecified atom stereocenters. The molecule has 6 heteroatoms. The third-order valence-electron chi connectivity index (χ3n) is 3.81. The first kappa shape index (κ1) is 18.8. The topological polar surface area (TPSA) is 38.3 Å². The van der Waals surface area contributed by atoms with E-state index in [4.69, 9.17) is 27.9 Å². The predicted molar refractivity (Wildman–Crippen MR) is 110 cm³/mol. The van der Waals surface area contributed by atoms with Gasteiger partial charge in [0.05, 0.1) is 6.61 Å². The van der Waals surface area contributed by atoms with Crippen molar-refractivity contribution in [2.45, 2.75) is 13.5 Å². The van der Waals surface area contributed by atoms with Gasteiger partial charge in [0.1, 0.15) is 10.6 Å². The van der Waals surface area contributed by atoms with Gasteiger partial charge in [0.15, 0.2) is 0 Å². The molecule has 0 spiro atoms. The van der Waals surface area contributed by atoms with Gasteiger partial charge in [-0.05, 0) is 30.2 Å². The zero-order chi connectivity index (χ0) is 18.5. The number of carbonyl (C=O) groups excluding carboxylic acids is 1. The highest BCUT2D eigenvalue weighted by atomic mass is 35.5. The molecule has 0 atom stereocenters. The lowest BCUT2D eigenvalue weighted by Crippen LogP contribution is -2.09. The van der Waals surface area contributed by atoms with E-state index in [2.05, 4.69) is 5.32 Å². The maximum absolute atomic E-state index is 12.5. The van der Waals surface area contributed by atoms with E-state index in [0.717, 1.165) is 21.7 Å². The zero-order valence-electron chi connectivity index (χ0n) is 14.1. The SMILES string of the molecule is CCOC(=O)c1c(-c2ccccc2)csc1NCc1ccc(Cl)cc1Cl. The molecule has 0 saturated carbocycles. The minimum atomic E-state index is -0.336. The molecule has 0 aliphatic carbocycles. The van der Waals surface area contributed by atoms with E-state index < -0.39 is 0 Å². The molecule has 0 amide bonds. The van der Waals surface area contributed by atoms with Crippen LogP contribution in [0, 0.1) is 0 Å². The number of nitrogens with one attached hydrogen (secondary N) is 1. The van der Waals surface area contributed by atoms with Gasteiger partial charge in [0, 0.05) is 27.5 Å². The molecule has 0 bridgehead atoms. The molecule has 3 aromatic rings. The van der Waals surface area contributed by atoms with Crippen molar-refractivity contribution in [2.24, 2.45) is 0 Å². The largest absolute Gasteiger partial charge is 0.462 e. The van der Waals surface area contributed by atoms with E-state index >= 15 is 0 Å². The van der Waals surface area contributed by atoms with Gasteiger partial charge >= 0.3 is 5.97 Å². The Labute approximate surface area is 166 Å². The first-order chi connectivity index (χ1) is 12.6. The van der Waals surface area contributed by atoms with Crippen LogP contribution in [0.3, 0.4) is 0 Å². The van der Waals surface area contributed by atoms with Crippen LogP contribution in [0.2, 0.25) is 10.0 Å². The molecule has 1 heterocycles. The number of benzene rings is 2. The molecule has 0 radical (unpaired) electrons. The lowest BCUT2D eigenvalue weighted by atomic mass is 10.0. The molecule has 0 saturated heterocycles. The summed E-state index contributed by atoms with van der Waals surface area (Å²) >= 11 is 13.7. The van der Waals surface area contributed by atoms with E-state index in [-0.39, 0.29) is 5.97 Å². The summed E-state index contributed by atoms with van der Waals surface area (Å²) in [7, 11) is 0. The number of rotatable bonds is 6. The predicted octanol–water partition coefficient (Wildman–Crippen LogP) is 6.51. The number of carbonyl (C=O) groups is 1. The van der Waals surface area contributed by atoms with Crippen LogP contribution in [0.5, 0.6) is 0 Å². The summed E-state index contributed by atoms with van der Waals surface area (Å²) in [6, 6.07) is 15.2. The Morgan fingerprint density at radius 1 is 1.15 bits per heavy atom. The summed E-state index contributed by atoms with van der Waals surface area (Å²) in [5.41, 5.74) is 3.29. The van der Waals surface area contributed by atoms with Gasteiger partial charge in [0.25, 0.3) is 0 Å². The van der Waals surface area contributed by atoms with Crippen molar-refractivity contribution in [3.63, 3.8) is 0 Å². The highest BCUT2D eigenvalue weighted by Crippen LogP contribution is 2.36. The molecule has 3 rings (SSSR count). The summed E-state index contributed by atoms with van der Waals surface area (Å²) in [6.45, 7) is 2.61. The van der Waals surface area contributed by atoms with Crippen molar-refractivity contribution in [3.05, 3.63) is 75.1 Å². The third kappa shape index (κ3) is 4.21. The van der Waals surface area contributed by atoms with Gasteiger partial charge in [-0.2, -0.15) is 0 Å². The van der Waals surface area contributed by atoms with Crippen LogP contribution in [0.25, 0.3) is 11.1 Å². The quantitative estimate of drug-likeness (QED) is 0.474. The van der Waals surface area contributed by atoms with E-state index in [9.17, 15) is 4.79 Å². The van der Waals surface area contributed by atoms with Crippen LogP contribution in [-0.2, 0) is 11.3 Å². The second-order valence-corrected chi connectivity index (χ2v) is 7.25. The lowest BCUT2D eigenvalue weighted by molar-refractivity contribution is 0.0529. The van der Waals surface area contributed by atoms with Gasteiger partial charge < -0.3 is 10.1 Å². The highest BCUT2D eigenvalue weighted by Gasteiger charge is 2.21. The molecule has 26 heavy (non-hydrogen) atoms. The van der Waals surface area contributed by atoms with Gasteiger partial charge in [-0.3, -0.25) is 0 Å². The van der Waals surface area contributed by atoms with Gasteiger partial charge in [0.2, 0.25) is 0 Å². The van der Waals surface area contributed by atoms with Crippen molar-refractivity contribution < 1.29 is 9.53 Å². The highest BCUT2D eigenvalue weighted by molar-refractivity contribution is 7.15. The Morgan fingerprint density at radius 3 is 2.62 bits per heavy atom. The van der Waals surface area contributed by atoms with Crippen LogP contribution in [0.4, 0.5) is 5.00 Å². The molecule has 134 valence electrons. The average Bonchev–Trinajstić information content (AvgIpc) is 3.06. The van der Waals surface area contributed by atoms with Crippen molar-refractivity contribution in [3.8, 4) is 11.1 Å². The molecule has 0 aliphatic rings. The molecule has 1 N–H and O–H groups in total. The van der Waals surface area contributed by atoms with Crippen LogP contribution >= 0.6 is 34.5 Å². The fourth-order valence-electron chi connectivity index (χ4n) is 2.56. The minimum Gasteiger partial charge on any atom is -0.462 e. The van der Waals surface area contributed by atoms with Crippen LogP contribution in [0.15, 0.2) is 53.9 Å². The molecular formula is C20H17Cl2NO2S. The van der Waals surface area contributed by atoms with Gasteiger partial charge in [-0.15, -0.1) is 11.3 Å². The summed E-state index contributed by atoms with van der Waals surface area (Å²) in [4.78, 5) is 12.5. The average molecular weight is 406 g/mol. The Bertz CT molecular complexity index is 909. The fraction of sp³-hybridized carbons (Fsp3) is 0.150. The first-order valence-electron chi connectivity index (χ1n) is 8.12. The Kier molecular flexibility index (Phi) is 6.20. The lowest BCUT2D eigenvalue weighted by Gasteiger charge is -2.10. The summed E-state index contributed by atoms with van der Waals surface area (Å²) in [5.74, 6) is -0.336. The van der Waals surface area contributed by atoms with Crippen LogP contribution in [-0.4, -0.2) is 12.6 Å².